The molecule has 0 radical (unpaired) electrons. The second-order valence-electron chi connectivity index (χ2n) is 4.20. The Hall–Kier alpha value is -1.17. The molecular formula is C13H23N3. The second-order valence-corrected chi connectivity index (χ2v) is 4.20. The van der Waals surface area contributed by atoms with E-state index in [4.69, 9.17) is 0 Å². The number of guanidine groups is 1. The predicted octanol–water partition coefficient (Wildman–Crippen LogP) is 2.15. The Bertz CT molecular complexity index is 285. The van der Waals surface area contributed by atoms with Crippen molar-refractivity contribution in [3.05, 3.63) is 0 Å². The Morgan fingerprint density at radius 3 is 2.75 bits per heavy atom. The first-order chi connectivity index (χ1) is 7.79. The van der Waals surface area contributed by atoms with Crippen LogP contribution in [0, 0.1) is 12.0 Å². The summed E-state index contributed by atoms with van der Waals surface area (Å²) >= 11 is 0. The summed E-state index contributed by atoms with van der Waals surface area (Å²) in [6, 6.07) is 3.20. The minimum Gasteiger partial charge on any atom is -0.343 e. The third kappa shape index (κ3) is 3.77. The molecule has 0 atom stereocenters. The summed E-state index contributed by atoms with van der Waals surface area (Å²) in [5.41, 5.74) is 0. The van der Waals surface area contributed by atoms with Crippen molar-refractivity contribution < 1.29 is 0 Å². The highest BCUT2D eigenvalue weighted by Crippen LogP contribution is 2.05. The molecule has 90 valence electrons. The summed E-state index contributed by atoms with van der Waals surface area (Å²) in [5, 5.41) is 0. The monoisotopic (exact) mass is 221 g/mol. The minimum absolute atomic E-state index is 0.977. The molecule has 16 heavy (non-hydrogen) atoms. The van der Waals surface area contributed by atoms with Crippen molar-refractivity contribution in [1.82, 2.24) is 9.80 Å². The maximum atomic E-state index is 4.24. The SMILES string of the molecule is CCCCCCC#CN1CCN(C)C1=NC. The molecule has 3 nitrogen and oxygen atoms in total. The van der Waals surface area contributed by atoms with Gasteiger partial charge in [-0.2, -0.15) is 0 Å². The van der Waals surface area contributed by atoms with E-state index in [2.05, 4.69) is 40.7 Å². The molecule has 0 spiro atoms. The summed E-state index contributed by atoms with van der Waals surface area (Å²) in [7, 11) is 3.89. The zero-order valence-electron chi connectivity index (χ0n) is 10.8. The van der Waals surface area contributed by atoms with Gasteiger partial charge in [0.05, 0.1) is 6.54 Å². The smallest absolute Gasteiger partial charge is 0.208 e. The lowest BCUT2D eigenvalue weighted by Crippen LogP contribution is -2.27. The van der Waals surface area contributed by atoms with Crippen LogP contribution >= 0.6 is 0 Å². The molecule has 1 rings (SSSR count). The van der Waals surface area contributed by atoms with E-state index in [1.165, 1.54) is 25.7 Å². The fourth-order valence-corrected chi connectivity index (χ4v) is 1.84. The molecule has 1 heterocycles. The molecule has 0 amide bonds. The fraction of sp³-hybridized carbons (Fsp3) is 0.769. The third-order valence-electron chi connectivity index (χ3n) is 2.81. The molecule has 0 saturated carbocycles. The van der Waals surface area contributed by atoms with Gasteiger partial charge in [-0.3, -0.25) is 9.89 Å². The zero-order valence-corrected chi connectivity index (χ0v) is 10.8. The van der Waals surface area contributed by atoms with Gasteiger partial charge in [0, 0.05) is 33.1 Å². The number of likely N-dealkylation sites (N-methyl/N-ethyl adjacent to an activating group) is 1. The first-order valence-corrected chi connectivity index (χ1v) is 6.23. The first kappa shape index (κ1) is 12.9. The van der Waals surface area contributed by atoms with Gasteiger partial charge in [0.25, 0.3) is 0 Å². The van der Waals surface area contributed by atoms with Crippen LogP contribution in [0.3, 0.4) is 0 Å². The van der Waals surface area contributed by atoms with Gasteiger partial charge in [0.2, 0.25) is 5.96 Å². The number of nitrogens with zero attached hydrogens (tertiary/aromatic N) is 3. The van der Waals surface area contributed by atoms with E-state index < -0.39 is 0 Å². The standard InChI is InChI=1S/C13H23N3/c1-4-5-6-7-8-9-10-16-12-11-15(3)13(16)14-2/h4-8,11-12H2,1-3H3. The Morgan fingerprint density at radius 2 is 2.06 bits per heavy atom. The summed E-state index contributed by atoms with van der Waals surface area (Å²) < 4.78 is 0. The van der Waals surface area contributed by atoms with Gasteiger partial charge in [-0.15, -0.1) is 0 Å². The lowest BCUT2D eigenvalue weighted by atomic mass is 10.2. The topological polar surface area (TPSA) is 18.8 Å². The van der Waals surface area contributed by atoms with Crippen LogP contribution in [0.15, 0.2) is 4.99 Å². The van der Waals surface area contributed by atoms with Crippen LogP contribution in [0.1, 0.15) is 39.0 Å². The van der Waals surface area contributed by atoms with E-state index in [9.17, 15) is 0 Å². The molecule has 0 aromatic heterocycles. The average molecular weight is 221 g/mol. The summed E-state index contributed by atoms with van der Waals surface area (Å²) in [6.07, 6.45) is 6.16. The number of hydrogen-bond donors (Lipinski definition) is 0. The second kappa shape index (κ2) is 7.16. The van der Waals surface area contributed by atoms with Gasteiger partial charge in [0.15, 0.2) is 0 Å². The lowest BCUT2D eigenvalue weighted by Gasteiger charge is -2.13. The summed E-state index contributed by atoms with van der Waals surface area (Å²) in [6.45, 7) is 4.23. The van der Waals surface area contributed by atoms with Gasteiger partial charge < -0.3 is 4.90 Å². The van der Waals surface area contributed by atoms with Crippen LogP contribution in [0.25, 0.3) is 0 Å². The minimum atomic E-state index is 0.977. The predicted molar refractivity (Wildman–Crippen MR) is 69.2 cm³/mol. The number of unbranched alkanes of at least 4 members (excludes halogenated alkanes) is 4. The van der Waals surface area contributed by atoms with Crippen molar-refractivity contribution in [3.63, 3.8) is 0 Å². The van der Waals surface area contributed by atoms with Crippen LogP contribution < -0.4 is 0 Å². The summed E-state index contributed by atoms with van der Waals surface area (Å²) in [4.78, 5) is 8.44. The normalized spacial score (nSPS) is 17.8. The highest BCUT2D eigenvalue weighted by molar-refractivity contribution is 5.83. The van der Waals surface area contributed by atoms with Crippen molar-refractivity contribution in [2.45, 2.75) is 39.0 Å². The Balaban J connectivity index is 2.29. The van der Waals surface area contributed by atoms with Crippen LogP contribution in [0.5, 0.6) is 0 Å². The van der Waals surface area contributed by atoms with Gasteiger partial charge in [-0.1, -0.05) is 32.1 Å². The molecule has 0 aromatic rings. The maximum absolute atomic E-state index is 4.24. The molecule has 0 aromatic carbocycles. The zero-order chi connectivity index (χ0) is 11.8. The Labute approximate surface area is 99.5 Å². The van der Waals surface area contributed by atoms with Crippen molar-refractivity contribution in [2.75, 3.05) is 27.2 Å². The van der Waals surface area contributed by atoms with Crippen molar-refractivity contribution >= 4 is 5.96 Å². The Kier molecular flexibility index (Phi) is 5.77. The van der Waals surface area contributed by atoms with Gasteiger partial charge >= 0.3 is 0 Å². The quantitative estimate of drug-likeness (QED) is 0.535. The van der Waals surface area contributed by atoms with Crippen LogP contribution in [-0.4, -0.2) is 42.9 Å². The van der Waals surface area contributed by atoms with Gasteiger partial charge in [-0.05, 0) is 6.42 Å². The van der Waals surface area contributed by atoms with E-state index >= 15 is 0 Å². The summed E-state index contributed by atoms with van der Waals surface area (Å²) in [5.74, 6) is 4.24. The molecule has 1 aliphatic rings. The highest BCUT2D eigenvalue weighted by atomic mass is 15.4. The molecule has 1 aliphatic heterocycles. The van der Waals surface area contributed by atoms with E-state index in [1.807, 2.05) is 7.05 Å². The number of rotatable bonds is 4. The molecule has 0 bridgehead atoms. The molecule has 0 N–H and O–H groups in total. The molecule has 1 saturated heterocycles. The molecule has 1 fully saturated rings. The largest absolute Gasteiger partial charge is 0.343 e. The van der Waals surface area contributed by atoms with Crippen LogP contribution in [0.2, 0.25) is 0 Å². The highest BCUT2D eigenvalue weighted by Gasteiger charge is 2.20. The lowest BCUT2D eigenvalue weighted by molar-refractivity contribution is 0.561. The molecule has 3 heteroatoms. The fourth-order valence-electron chi connectivity index (χ4n) is 1.84. The molecule has 0 unspecified atom stereocenters. The first-order valence-electron chi connectivity index (χ1n) is 6.23. The van der Waals surface area contributed by atoms with E-state index in [1.54, 1.807) is 0 Å². The van der Waals surface area contributed by atoms with Gasteiger partial charge in [-0.25, -0.2) is 0 Å². The van der Waals surface area contributed by atoms with Crippen LogP contribution in [0.4, 0.5) is 0 Å². The van der Waals surface area contributed by atoms with Crippen molar-refractivity contribution in [1.29, 1.82) is 0 Å². The van der Waals surface area contributed by atoms with E-state index in [-0.39, 0.29) is 0 Å². The van der Waals surface area contributed by atoms with E-state index in [0.717, 1.165) is 25.5 Å². The maximum Gasteiger partial charge on any atom is 0.208 e. The van der Waals surface area contributed by atoms with Gasteiger partial charge in [0.1, 0.15) is 0 Å². The van der Waals surface area contributed by atoms with Crippen LogP contribution in [-0.2, 0) is 0 Å². The van der Waals surface area contributed by atoms with Crippen molar-refractivity contribution in [3.8, 4) is 12.0 Å². The third-order valence-corrected chi connectivity index (χ3v) is 2.81. The van der Waals surface area contributed by atoms with Crippen molar-refractivity contribution in [2.24, 2.45) is 4.99 Å². The average Bonchev–Trinajstić information content (AvgIpc) is 2.64. The molecular weight excluding hydrogens is 198 g/mol. The van der Waals surface area contributed by atoms with E-state index in [0.29, 0.717) is 0 Å². The Morgan fingerprint density at radius 1 is 1.25 bits per heavy atom. The molecule has 0 aliphatic carbocycles. The number of hydrogen-bond acceptors (Lipinski definition) is 1. The number of aliphatic imine (C=N–C) groups is 1.